The SMILES string of the molecule is CC(C)(C)OC(=O)N1CC[C@H]2C(F)(F)[C@]2(C(=O)O)C1. The number of piperidine rings is 1. The summed E-state index contributed by atoms with van der Waals surface area (Å²) in [6.07, 6.45) is -0.757. The van der Waals surface area contributed by atoms with Crippen molar-refractivity contribution in [1.82, 2.24) is 4.90 Å². The molecule has 2 fully saturated rings. The molecule has 0 aromatic heterocycles. The molecule has 0 bridgehead atoms. The highest BCUT2D eigenvalue weighted by Gasteiger charge is 2.86. The number of alkyl halides is 2. The van der Waals surface area contributed by atoms with Crippen molar-refractivity contribution in [2.75, 3.05) is 13.1 Å². The van der Waals surface area contributed by atoms with Crippen LogP contribution >= 0.6 is 0 Å². The third kappa shape index (κ3) is 1.95. The number of ether oxygens (including phenoxy) is 1. The zero-order valence-electron chi connectivity index (χ0n) is 11.1. The minimum Gasteiger partial charge on any atom is -0.481 e. The van der Waals surface area contributed by atoms with Crippen LogP contribution in [0.1, 0.15) is 27.2 Å². The van der Waals surface area contributed by atoms with Gasteiger partial charge in [-0.05, 0) is 27.2 Å². The second-order valence-corrected chi connectivity index (χ2v) is 6.14. The molecule has 19 heavy (non-hydrogen) atoms. The van der Waals surface area contributed by atoms with Crippen LogP contribution < -0.4 is 0 Å². The Hall–Kier alpha value is -1.40. The molecule has 1 N–H and O–H groups in total. The molecule has 1 heterocycles. The molecular weight excluding hydrogens is 260 g/mol. The maximum absolute atomic E-state index is 13.6. The summed E-state index contributed by atoms with van der Waals surface area (Å²) in [6.45, 7) is 4.60. The number of likely N-dealkylation sites (tertiary alicyclic amines) is 1. The van der Waals surface area contributed by atoms with Crippen LogP contribution in [-0.2, 0) is 9.53 Å². The van der Waals surface area contributed by atoms with E-state index in [4.69, 9.17) is 9.84 Å². The van der Waals surface area contributed by atoms with Gasteiger partial charge in [0.2, 0.25) is 0 Å². The number of carbonyl (C=O) groups excluding carboxylic acids is 1. The van der Waals surface area contributed by atoms with Crippen LogP contribution in [0, 0.1) is 11.3 Å². The molecule has 5 nitrogen and oxygen atoms in total. The fourth-order valence-electron chi connectivity index (χ4n) is 2.68. The Morgan fingerprint density at radius 2 is 1.95 bits per heavy atom. The van der Waals surface area contributed by atoms with Gasteiger partial charge >= 0.3 is 12.1 Å². The predicted molar refractivity (Wildman–Crippen MR) is 60.9 cm³/mol. The largest absolute Gasteiger partial charge is 0.481 e. The second kappa shape index (κ2) is 3.80. The van der Waals surface area contributed by atoms with Crippen molar-refractivity contribution in [2.45, 2.75) is 38.7 Å². The first kappa shape index (κ1) is 14.0. The third-order valence-electron chi connectivity index (χ3n) is 3.71. The molecule has 0 unspecified atom stereocenters. The van der Waals surface area contributed by atoms with Gasteiger partial charge in [-0.1, -0.05) is 0 Å². The lowest BCUT2D eigenvalue weighted by Gasteiger charge is -2.31. The Morgan fingerprint density at radius 1 is 1.37 bits per heavy atom. The van der Waals surface area contributed by atoms with E-state index in [1.54, 1.807) is 20.8 Å². The number of nitrogens with zero attached hydrogens (tertiary/aromatic N) is 1. The Morgan fingerprint density at radius 3 is 2.42 bits per heavy atom. The van der Waals surface area contributed by atoms with E-state index in [1.165, 1.54) is 0 Å². The van der Waals surface area contributed by atoms with Crippen molar-refractivity contribution in [1.29, 1.82) is 0 Å². The lowest BCUT2D eigenvalue weighted by atomic mass is 9.97. The number of carbonyl (C=O) groups is 2. The molecule has 0 spiro atoms. The molecule has 1 saturated heterocycles. The maximum atomic E-state index is 13.6. The van der Waals surface area contributed by atoms with Crippen molar-refractivity contribution in [3.8, 4) is 0 Å². The van der Waals surface area contributed by atoms with Crippen molar-refractivity contribution >= 4 is 12.1 Å². The second-order valence-electron chi connectivity index (χ2n) is 6.14. The van der Waals surface area contributed by atoms with Gasteiger partial charge in [0.1, 0.15) is 5.60 Å². The summed E-state index contributed by atoms with van der Waals surface area (Å²) in [5.74, 6) is -5.96. The van der Waals surface area contributed by atoms with Gasteiger partial charge in [-0.3, -0.25) is 4.79 Å². The molecule has 0 radical (unpaired) electrons. The van der Waals surface area contributed by atoms with Crippen LogP contribution in [0.25, 0.3) is 0 Å². The number of hydrogen-bond donors (Lipinski definition) is 1. The van der Waals surface area contributed by atoms with Crippen molar-refractivity contribution in [2.24, 2.45) is 11.3 Å². The van der Waals surface area contributed by atoms with Gasteiger partial charge < -0.3 is 14.7 Å². The average molecular weight is 277 g/mol. The molecule has 2 rings (SSSR count). The number of carboxylic acid groups (broad SMARTS) is 1. The standard InChI is InChI=1S/C12H17F2NO4/c1-10(2,3)19-9(18)15-5-4-7-11(6-15,8(16)17)12(7,13)14/h7H,4-6H2,1-3H3,(H,16,17)/t7-,11-/m1/s1. The number of carboxylic acids is 1. The maximum Gasteiger partial charge on any atom is 0.410 e. The highest BCUT2D eigenvalue weighted by Crippen LogP contribution is 2.69. The molecule has 7 heteroatoms. The molecule has 1 amide bonds. The smallest absolute Gasteiger partial charge is 0.410 e. The fourth-order valence-corrected chi connectivity index (χ4v) is 2.68. The lowest BCUT2D eigenvalue weighted by molar-refractivity contribution is -0.149. The van der Waals surface area contributed by atoms with Gasteiger partial charge in [0.15, 0.2) is 5.41 Å². The summed E-state index contributed by atoms with van der Waals surface area (Å²) in [5, 5.41) is 9.05. The van der Waals surface area contributed by atoms with Crippen LogP contribution in [0.3, 0.4) is 0 Å². The van der Waals surface area contributed by atoms with Crippen LogP contribution in [0.15, 0.2) is 0 Å². The quantitative estimate of drug-likeness (QED) is 0.795. The van der Waals surface area contributed by atoms with Crippen molar-refractivity contribution < 1.29 is 28.2 Å². The number of rotatable bonds is 1. The van der Waals surface area contributed by atoms with Gasteiger partial charge in [0.25, 0.3) is 5.92 Å². The molecule has 1 saturated carbocycles. The Kier molecular flexibility index (Phi) is 2.80. The molecule has 0 aromatic rings. The number of aliphatic carboxylic acids is 1. The summed E-state index contributed by atoms with van der Waals surface area (Å²) >= 11 is 0. The highest BCUT2D eigenvalue weighted by atomic mass is 19.3. The van der Waals surface area contributed by atoms with Gasteiger partial charge in [-0.2, -0.15) is 0 Å². The zero-order valence-corrected chi connectivity index (χ0v) is 11.1. The summed E-state index contributed by atoms with van der Waals surface area (Å²) in [4.78, 5) is 24.0. The van der Waals surface area contributed by atoms with Crippen molar-refractivity contribution in [3.63, 3.8) is 0 Å². The highest BCUT2D eigenvalue weighted by molar-refractivity contribution is 5.83. The summed E-state index contributed by atoms with van der Waals surface area (Å²) in [5.41, 5.74) is -2.86. The minimum absolute atomic E-state index is 0.0153. The normalized spacial score (nSPS) is 32.5. The van der Waals surface area contributed by atoms with E-state index in [2.05, 4.69) is 0 Å². The number of amides is 1. The molecule has 1 aliphatic carbocycles. The van der Waals surface area contributed by atoms with E-state index in [1.807, 2.05) is 0 Å². The summed E-state index contributed by atoms with van der Waals surface area (Å²) in [7, 11) is 0. The van der Waals surface area contributed by atoms with Gasteiger partial charge in [0.05, 0.1) is 0 Å². The van der Waals surface area contributed by atoms with Crippen molar-refractivity contribution in [3.05, 3.63) is 0 Å². The monoisotopic (exact) mass is 277 g/mol. The summed E-state index contributed by atoms with van der Waals surface area (Å²) < 4.78 is 32.3. The first-order valence-electron chi connectivity index (χ1n) is 6.11. The first-order valence-corrected chi connectivity index (χ1v) is 6.11. The number of halogens is 2. The average Bonchev–Trinajstić information content (AvgIpc) is 2.75. The summed E-state index contributed by atoms with van der Waals surface area (Å²) in [6, 6.07) is 0. The van der Waals surface area contributed by atoms with E-state index in [-0.39, 0.29) is 13.0 Å². The molecule has 2 atom stereocenters. The van der Waals surface area contributed by atoms with E-state index in [0.29, 0.717) is 0 Å². The van der Waals surface area contributed by atoms with E-state index < -0.39 is 41.5 Å². The Bertz CT molecular complexity index is 432. The molecule has 0 aromatic carbocycles. The van der Waals surface area contributed by atoms with Gasteiger partial charge in [0, 0.05) is 19.0 Å². The topological polar surface area (TPSA) is 66.8 Å². The molecule has 2 aliphatic rings. The molecule has 1 aliphatic heterocycles. The number of fused-ring (bicyclic) bond motifs is 1. The third-order valence-corrected chi connectivity index (χ3v) is 3.71. The molecule has 108 valence electrons. The van der Waals surface area contributed by atoms with E-state index in [0.717, 1.165) is 4.90 Å². The Balaban J connectivity index is 2.13. The van der Waals surface area contributed by atoms with Crippen LogP contribution in [-0.4, -0.2) is 46.7 Å². The van der Waals surface area contributed by atoms with E-state index in [9.17, 15) is 18.4 Å². The minimum atomic E-state index is -3.24. The Labute approximate surface area is 109 Å². The van der Waals surface area contributed by atoms with Crippen LogP contribution in [0.2, 0.25) is 0 Å². The van der Waals surface area contributed by atoms with E-state index >= 15 is 0 Å². The van der Waals surface area contributed by atoms with Gasteiger partial charge in [-0.15, -0.1) is 0 Å². The van der Waals surface area contributed by atoms with Crippen LogP contribution in [0.4, 0.5) is 13.6 Å². The zero-order chi connectivity index (χ0) is 14.6. The number of hydrogen-bond acceptors (Lipinski definition) is 3. The molecular formula is C12H17F2NO4. The fraction of sp³-hybridized carbons (Fsp3) is 0.833. The first-order chi connectivity index (χ1) is 8.52. The van der Waals surface area contributed by atoms with Gasteiger partial charge in [-0.25, -0.2) is 13.6 Å². The van der Waals surface area contributed by atoms with Crippen LogP contribution in [0.5, 0.6) is 0 Å². The predicted octanol–water partition coefficient (Wildman–Crippen LogP) is 1.96. The lowest BCUT2D eigenvalue weighted by Crippen LogP contribution is -2.46.